The van der Waals surface area contributed by atoms with Gasteiger partial charge in [-0.05, 0) is 30.5 Å². The van der Waals surface area contributed by atoms with Gasteiger partial charge in [0.25, 0.3) is 0 Å². The topological polar surface area (TPSA) is 81.4 Å². The number of amides is 1. The third-order valence-electron chi connectivity index (χ3n) is 3.18. The highest BCUT2D eigenvalue weighted by Gasteiger charge is 2.23. The molecule has 0 spiro atoms. The Labute approximate surface area is 125 Å². The first-order valence-electron chi connectivity index (χ1n) is 7.06. The van der Waals surface area contributed by atoms with Crippen LogP contribution in [0.15, 0.2) is 24.3 Å². The highest BCUT2D eigenvalue weighted by Crippen LogP contribution is 2.20. The summed E-state index contributed by atoms with van der Waals surface area (Å²) in [5, 5.41) is 2.76. The SMILES string of the molecule is CCOC(=O)c1cccc(NC(=O)CC(N)C(C)(C)C)c1. The van der Waals surface area contributed by atoms with E-state index in [4.69, 9.17) is 10.5 Å². The van der Waals surface area contributed by atoms with Crippen molar-refractivity contribution < 1.29 is 14.3 Å². The zero-order valence-electron chi connectivity index (χ0n) is 13.1. The van der Waals surface area contributed by atoms with Crippen LogP contribution in [-0.2, 0) is 9.53 Å². The Morgan fingerprint density at radius 1 is 1.33 bits per heavy atom. The van der Waals surface area contributed by atoms with E-state index in [1.165, 1.54) is 0 Å². The fraction of sp³-hybridized carbons (Fsp3) is 0.500. The predicted molar refractivity (Wildman–Crippen MR) is 83.1 cm³/mol. The van der Waals surface area contributed by atoms with Crippen molar-refractivity contribution in [3.05, 3.63) is 29.8 Å². The minimum Gasteiger partial charge on any atom is -0.462 e. The van der Waals surface area contributed by atoms with Crippen molar-refractivity contribution in [1.29, 1.82) is 0 Å². The molecule has 0 fully saturated rings. The lowest BCUT2D eigenvalue weighted by molar-refractivity contribution is -0.117. The lowest BCUT2D eigenvalue weighted by atomic mass is 9.85. The average Bonchev–Trinajstić information content (AvgIpc) is 2.38. The van der Waals surface area contributed by atoms with Gasteiger partial charge in [-0.3, -0.25) is 4.79 Å². The summed E-state index contributed by atoms with van der Waals surface area (Å²) in [7, 11) is 0. The number of ether oxygens (including phenoxy) is 1. The Hall–Kier alpha value is -1.88. The van der Waals surface area contributed by atoms with Crippen molar-refractivity contribution in [2.24, 2.45) is 11.1 Å². The molecule has 0 aliphatic rings. The summed E-state index contributed by atoms with van der Waals surface area (Å²) in [5.74, 6) is -0.571. The van der Waals surface area contributed by atoms with Crippen molar-refractivity contribution in [1.82, 2.24) is 0 Å². The number of esters is 1. The third-order valence-corrected chi connectivity index (χ3v) is 3.18. The number of nitrogens with two attached hydrogens (primary N) is 1. The zero-order chi connectivity index (χ0) is 16.0. The summed E-state index contributed by atoms with van der Waals surface area (Å²) in [6, 6.07) is 6.44. The number of anilines is 1. The van der Waals surface area contributed by atoms with Crippen LogP contribution in [0.5, 0.6) is 0 Å². The Kier molecular flexibility index (Phi) is 5.90. The van der Waals surface area contributed by atoms with E-state index in [0.717, 1.165) is 0 Å². The van der Waals surface area contributed by atoms with Crippen LogP contribution in [-0.4, -0.2) is 24.5 Å². The molecule has 0 aromatic heterocycles. The minimum absolute atomic E-state index is 0.135. The van der Waals surface area contributed by atoms with Crippen LogP contribution in [0.3, 0.4) is 0 Å². The molecule has 0 radical (unpaired) electrons. The molecule has 0 bridgehead atoms. The highest BCUT2D eigenvalue weighted by atomic mass is 16.5. The van der Waals surface area contributed by atoms with Crippen molar-refractivity contribution in [2.75, 3.05) is 11.9 Å². The molecule has 1 aromatic carbocycles. The van der Waals surface area contributed by atoms with E-state index in [9.17, 15) is 9.59 Å². The highest BCUT2D eigenvalue weighted by molar-refractivity contribution is 5.94. The van der Waals surface area contributed by atoms with E-state index in [2.05, 4.69) is 5.32 Å². The molecule has 5 nitrogen and oxygen atoms in total. The molecule has 1 rings (SSSR count). The number of hydrogen-bond donors (Lipinski definition) is 2. The van der Waals surface area contributed by atoms with Crippen LogP contribution < -0.4 is 11.1 Å². The van der Waals surface area contributed by atoms with Crippen LogP contribution >= 0.6 is 0 Å². The van der Waals surface area contributed by atoms with Crippen LogP contribution in [0.25, 0.3) is 0 Å². The molecular weight excluding hydrogens is 268 g/mol. The number of rotatable bonds is 5. The molecular formula is C16H24N2O3. The van der Waals surface area contributed by atoms with Gasteiger partial charge in [0, 0.05) is 18.2 Å². The number of carbonyl (C=O) groups excluding carboxylic acids is 2. The maximum absolute atomic E-state index is 12.0. The van der Waals surface area contributed by atoms with Crippen LogP contribution in [0.1, 0.15) is 44.5 Å². The van der Waals surface area contributed by atoms with Crippen molar-refractivity contribution >= 4 is 17.6 Å². The molecule has 116 valence electrons. The molecule has 21 heavy (non-hydrogen) atoms. The van der Waals surface area contributed by atoms with E-state index >= 15 is 0 Å². The Morgan fingerprint density at radius 3 is 2.57 bits per heavy atom. The van der Waals surface area contributed by atoms with E-state index in [0.29, 0.717) is 17.9 Å². The van der Waals surface area contributed by atoms with Gasteiger partial charge in [-0.2, -0.15) is 0 Å². The molecule has 0 aliphatic carbocycles. The molecule has 0 aliphatic heterocycles. The van der Waals surface area contributed by atoms with Crippen molar-refractivity contribution in [3.63, 3.8) is 0 Å². The molecule has 1 amide bonds. The van der Waals surface area contributed by atoms with Crippen LogP contribution in [0.2, 0.25) is 0 Å². The predicted octanol–water partition coefficient (Wildman–Crippen LogP) is 2.57. The lowest BCUT2D eigenvalue weighted by Gasteiger charge is -2.26. The number of nitrogens with one attached hydrogen (secondary N) is 1. The van der Waals surface area contributed by atoms with Crippen molar-refractivity contribution in [2.45, 2.75) is 40.2 Å². The zero-order valence-corrected chi connectivity index (χ0v) is 13.1. The Bertz CT molecular complexity index is 506. The molecule has 3 N–H and O–H groups in total. The molecule has 0 saturated heterocycles. The summed E-state index contributed by atoms with van der Waals surface area (Å²) < 4.78 is 4.93. The monoisotopic (exact) mass is 292 g/mol. The second kappa shape index (κ2) is 7.22. The average molecular weight is 292 g/mol. The number of benzene rings is 1. The first-order chi connectivity index (χ1) is 9.74. The fourth-order valence-electron chi connectivity index (χ4n) is 1.66. The van der Waals surface area contributed by atoms with Gasteiger partial charge >= 0.3 is 5.97 Å². The molecule has 0 heterocycles. The first-order valence-corrected chi connectivity index (χ1v) is 7.06. The Balaban J connectivity index is 2.69. The van der Waals surface area contributed by atoms with E-state index in [-0.39, 0.29) is 23.8 Å². The van der Waals surface area contributed by atoms with Gasteiger partial charge in [0.05, 0.1) is 12.2 Å². The number of carbonyl (C=O) groups is 2. The van der Waals surface area contributed by atoms with Gasteiger partial charge < -0.3 is 15.8 Å². The van der Waals surface area contributed by atoms with Crippen molar-refractivity contribution in [3.8, 4) is 0 Å². The summed E-state index contributed by atoms with van der Waals surface area (Å²) >= 11 is 0. The first kappa shape index (κ1) is 17.2. The molecule has 1 atom stereocenters. The maximum Gasteiger partial charge on any atom is 0.338 e. The van der Waals surface area contributed by atoms with Gasteiger partial charge in [0.2, 0.25) is 5.91 Å². The van der Waals surface area contributed by atoms with E-state index in [1.807, 2.05) is 20.8 Å². The van der Waals surface area contributed by atoms with E-state index < -0.39 is 5.97 Å². The number of hydrogen-bond acceptors (Lipinski definition) is 4. The van der Waals surface area contributed by atoms with Gasteiger partial charge in [0.15, 0.2) is 0 Å². The summed E-state index contributed by atoms with van der Waals surface area (Å²) in [4.78, 5) is 23.6. The lowest BCUT2D eigenvalue weighted by Crippen LogP contribution is -2.38. The van der Waals surface area contributed by atoms with Gasteiger partial charge in [-0.25, -0.2) is 4.79 Å². The third kappa shape index (κ3) is 5.55. The molecule has 1 aromatic rings. The smallest absolute Gasteiger partial charge is 0.338 e. The van der Waals surface area contributed by atoms with Crippen LogP contribution in [0, 0.1) is 5.41 Å². The maximum atomic E-state index is 12.0. The van der Waals surface area contributed by atoms with Gasteiger partial charge in [-0.1, -0.05) is 26.8 Å². The molecule has 1 unspecified atom stereocenters. The molecule has 5 heteroatoms. The standard InChI is InChI=1S/C16H24N2O3/c1-5-21-15(20)11-7-6-8-12(9-11)18-14(19)10-13(17)16(2,3)4/h6-9,13H,5,10,17H2,1-4H3,(H,18,19). The summed E-state index contributed by atoms with van der Waals surface area (Å²) in [5.41, 5.74) is 6.83. The minimum atomic E-state index is -0.403. The van der Waals surface area contributed by atoms with Crippen LogP contribution in [0.4, 0.5) is 5.69 Å². The second-order valence-electron chi connectivity index (χ2n) is 6.03. The van der Waals surface area contributed by atoms with Gasteiger partial charge in [0.1, 0.15) is 0 Å². The normalized spacial score (nSPS) is 12.6. The van der Waals surface area contributed by atoms with Gasteiger partial charge in [-0.15, -0.1) is 0 Å². The second-order valence-corrected chi connectivity index (χ2v) is 6.03. The molecule has 0 saturated carbocycles. The summed E-state index contributed by atoms with van der Waals surface area (Å²) in [6.45, 7) is 8.04. The largest absolute Gasteiger partial charge is 0.462 e. The Morgan fingerprint density at radius 2 is 2.00 bits per heavy atom. The quantitative estimate of drug-likeness (QED) is 0.817. The fourth-order valence-corrected chi connectivity index (χ4v) is 1.66. The summed E-state index contributed by atoms with van der Waals surface area (Å²) in [6.07, 6.45) is 0.229. The van der Waals surface area contributed by atoms with E-state index in [1.54, 1.807) is 31.2 Å².